The molecule has 1 aliphatic heterocycles. The number of fused-ring (bicyclic) bond motifs is 1. The molecule has 1 N–H and O–H groups in total. The zero-order valence-electron chi connectivity index (χ0n) is 16.9. The van der Waals surface area contributed by atoms with Crippen LogP contribution in [0.15, 0.2) is 29.2 Å². The summed E-state index contributed by atoms with van der Waals surface area (Å²) in [6.07, 6.45) is 0.798. The number of likely N-dealkylation sites (N-methyl/N-ethyl adjacent to an activating group) is 1. The first-order valence-electron chi connectivity index (χ1n) is 9.65. The molecule has 0 atom stereocenters. The number of hydrogen-bond donors (Lipinski definition) is 1. The maximum absolute atomic E-state index is 12.8. The summed E-state index contributed by atoms with van der Waals surface area (Å²) in [4.78, 5) is 30.0. The fourth-order valence-electron chi connectivity index (χ4n) is 3.28. The van der Waals surface area contributed by atoms with E-state index in [0.717, 1.165) is 47.1 Å². The van der Waals surface area contributed by atoms with Crippen molar-refractivity contribution >= 4 is 52.4 Å². The number of benzene rings is 1. The topological polar surface area (TPSA) is 58.6 Å². The summed E-state index contributed by atoms with van der Waals surface area (Å²) in [6.45, 7) is 9.03. The predicted molar refractivity (Wildman–Crippen MR) is 123 cm³/mol. The number of halogens is 1. The second-order valence-corrected chi connectivity index (χ2v) is 8.90. The number of ether oxygens (including phenoxy) is 1. The van der Waals surface area contributed by atoms with E-state index in [1.54, 1.807) is 18.7 Å². The molecule has 1 amide bonds. The Morgan fingerprint density at radius 1 is 1.21 bits per heavy atom. The average molecular weight is 455 g/mol. The Labute approximate surface area is 186 Å². The van der Waals surface area contributed by atoms with Crippen LogP contribution < -0.4 is 5.32 Å². The molecular weight excluding hydrogens is 428 g/mol. The van der Waals surface area contributed by atoms with Crippen molar-refractivity contribution in [2.24, 2.45) is 0 Å². The van der Waals surface area contributed by atoms with E-state index in [2.05, 4.69) is 24.1 Å². The molecule has 8 heteroatoms. The first-order valence-corrected chi connectivity index (χ1v) is 11.5. The van der Waals surface area contributed by atoms with Crippen molar-refractivity contribution in [2.75, 3.05) is 30.8 Å². The van der Waals surface area contributed by atoms with Crippen molar-refractivity contribution in [1.82, 2.24) is 4.90 Å². The lowest BCUT2D eigenvalue weighted by Gasteiger charge is -2.25. The van der Waals surface area contributed by atoms with E-state index in [0.29, 0.717) is 22.7 Å². The van der Waals surface area contributed by atoms with E-state index < -0.39 is 0 Å². The number of anilines is 1. The SMILES string of the molecule is CCOC(=O)c1c(NC(=O)c2ccc(SCC)cc2)sc2c1CCN(CC)C2.Cl. The molecule has 1 aromatic heterocycles. The van der Waals surface area contributed by atoms with Crippen LogP contribution in [0.25, 0.3) is 0 Å². The third-order valence-electron chi connectivity index (χ3n) is 4.72. The Bertz CT molecular complexity index is 852. The van der Waals surface area contributed by atoms with Gasteiger partial charge in [-0.25, -0.2) is 4.79 Å². The van der Waals surface area contributed by atoms with Crippen molar-refractivity contribution in [3.63, 3.8) is 0 Å². The molecule has 0 fully saturated rings. The van der Waals surface area contributed by atoms with Gasteiger partial charge in [0, 0.05) is 28.4 Å². The van der Waals surface area contributed by atoms with Crippen molar-refractivity contribution in [3.8, 4) is 0 Å². The summed E-state index contributed by atoms with van der Waals surface area (Å²) in [6, 6.07) is 7.55. The fraction of sp³-hybridized carbons (Fsp3) is 0.429. The number of carbonyl (C=O) groups excluding carboxylic acids is 2. The summed E-state index contributed by atoms with van der Waals surface area (Å²) in [5.41, 5.74) is 2.14. The maximum Gasteiger partial charge on any atom is 0.341 e. The summed E-state index contributed by atoms with van der Waals surface area (Å²) in [5, 5.41) is 3.56. The predicted octanol–water partition coefficient (Wildman–Crippen LogP) is 5.09. The number of esters is 1. The van der Waals surface area contributed by atoms with E-state index in [4.69, 9.17) is 4.74 Å². The number of nitrogens with zero attached hydrogens (tertiary/aromatic N) is 1. The second kappa shape index (κ2) is 11.0. The number of amides is 1. The van der Waals surface area contributed by atoms with Crippen molar-refractivity contribution in [2.45, 2.75) is 38.6 Å². The van der Waals surface area contributed by atoms with Crippen molar-refractivity contribution in [3.05, 3.63) is 45.8 Å². The van der Waals surface area contributed by atoms with E-state index in [-0.39, 0.29) is 24.3 Å². The Morgan fingerprint density at radius 2 is 1.93 bits per heavy atom. The molecule has 2 aromatic rings. The fourth-order valence-corrected chi connectivity index (χ4v) is 5.21. The van der Waals surface area contributed by atoms with Crippen LogP contribution in [-0.4, -0.2) is 42.2 Å². The van der Waals surface area contributed by atoms with Gasteiger partial charge in [0.25, 0.3) is 5.91 Å². The van der Waals surface area contributed by atoms with Crippen LogP contribution in [0.5, 0.6) is 0 Å². The number of carbonyl (C=O) groups is 2. The van der Waals surface area contributed by atoms with Crippen LogP contribution in [0.2, 0.25) is 0 Å². The Balaban J connectivity index is 0.00000300. The lowest BCUT2D eigenvalue weighted by atomic mass is 10.0. The lowest BCUT2D eigenvalue weighted by molar-refractivity contribution is 0.0526. The summed E-state index contributed by atoms with van der Waals surface area (Å²) >= 11 is 3.23. The lowest BCUT2D eigenvalue weighted by Crippen LogP contribution is -2.30. The van der Waals surface area contributed by atoms with E-state index in [9.17, 15) is 9.59 Å². The molecular formula is C21H27ClN2O3S2. The third kappa shape index (κ3) is 5.54. The summed E-state index contributed by atoms with van der Waals surface area (Å²) in [7, 11) is 0. The Hall–Kier alpha value is -1.54. The molecule has 3 rings (SSSR count). The first-order chi connectivity index (χ1) is 13.6. The highest BCUT2D eigenvalue weighted by Gasteiger charge is 2.29. The summed E-state index contributed by atoms with van der Waals surface area (Å²) < 4.78 is 5.28. The van der Waals surface area contributed by atoms with Gasteiger partial charge >= 0.3 is 5.97 Å². The van der Waals surface area contributed by atoms with Crippen LogP contribution in [0.3, 0.4) is 0 Å². The smallest absolute Gasteiger partial charge is 0.341 e. The van der Waals surface area contributed by atoms with Gasteiger partial charge in [0.2, 0.25) is 0 Å². The van der Waals surface area contributed by atoms with E-state index in [1.165, 1.54) is 11.3 Å². The van der Waals surface area contributed by atoms with E-state index >= 15 is 0 Å². The molecule has 0 unspecified atom stereocenters. The number of thioether (sulfide) groups is 1. The van der Waals surface area contributed by atoms with Gasteiger partial charge in [-0.1, -0.05) is 13.8 Å². The minimum atomic E-state index is -0.352. The van der Waals surface area contributed by atoms with Gasteiger partial charge < -0.3 is 10.1 Å². The standard InChI is InChI=1S/C21H26N2O3S2.ClH/c1-4-23-12-11-16-17(13-23)28-20(18(16)21(25)26-5-2)22-19(24)14-7-9-15(10-8-14)27-6-3;/h7-10H,4-6,11-13H2,1-3H3,(H,22,24);1H. The van der Waals surface area contributed by atoms with Gasteiger partial charge in [-0.3, -0.25) is 9.69 Å². The van der Waals surface area contributed by atoms with E-state index in [1.807, 2.05) is 24.3 Å². The van der Waals surface area contributed by atoms with Crippen LogP contribution in [0.1, 0.15) is 51.9 Å². The zero-order valence-corrected chi connectivity index (χ0v) is 19.4. The van der Waals surface area contributed by atoms with Crippen molar-refractivity contribution in [1.29, 1.82) is 0 Å². The number of hydrogen-bond acceptors (Lipinski definition) is 6. The van der Waals surface area contributed by atoms with Gasteiger partial charge in [-0.05, 0) is 55.5 Å². The quantitative estimate of drug-likeness (QED) is 0.466. The van der Waals surface area contributed by atoms with Gasteiger partial charge in [0.15, 0.2) is 0 Å². The van der Waals surface area contributed by atoms with Crippen molar-refractivity contribution < 1.29 is 14.3 Å². The molecule has 0 saturated carbocycles. The normalized spacial score (nSPS) is 13.3. The molecule has 158 valence electrons. The Morgan fingerprint density at radius 3 is 2.55 bits per heavy atom. The number of thiophene rings is 1. The highest BCUT2D eigenvalue weighted by molar-refractivity contribution is 7.99. The molecule has 0 bridgehead atoms. The highest BCUT2D eigenvalue weighted by Crippen LogP contribution is 2.38. The minimum absolute atomic E-state index is 0. The molecule has 1 aliphatic rings. The highest BCUT2D eigenvalue weighted by atomic mass is 35.5. The molecule has 0 radical (unpaired) electrons. The molecule has 0 aliphatic carbocycles. The van der Waals surface area contributed by atoms with Gasteiger partial charge in [-0.15, -0.1) is 35.5 Å². The van der Waals surface area contributed by atoms with Gasteiger partial charge in [-0.2, -0.15) is 0 Å². The van der Waals surface area contributed by atoms with Gasteiger partial charge in [0.05, 0.1) is 12.2 Å². The largest absolute Gasteiger partial charge is 0.462 e. The van der Waals surface area contributed by atoms with Crippen LogP contribution in [-0.2, 0) is 17.7 Å². The third-order valence-corrected chi connectivity index (χ3v) is 6.74. The number of rotatable bonds is 7. The molecule has 0 saturated heterocycles. The zero-order chi connectivity index (χ0) is 20.1. The number of nitrogens with one attached hydrogen (secondary N) is 1. The monoisotopic (exact) mass is 454 g/mol. The molecule has 5 nitrogen and oxygen atoms in total. The first kappa shape index (κ1) is 23.7. The molecule has 0 spiro atoms. The Kier molecular flexibility index (Phi) is 9.02. The second-order valence-electron chi connectivity index (χ2n) is 6.46. The van der Waals surface area contributed by atoms with Gasteiger partial charge in [0.1, 0.15) is 5.00 Å². The average Bonchev–Trinajstić information content (AvgIpc) is 3.05. The molecule has 2 heterocycles. The molecule has 1 aromatic carbocycles. The minimum Gasteiger partial charge on any atom is -0.462 e. The summed E-state index contributed by atoms with van der Waals surface area (Å²) in [5.74, 6) is 0.434. The molecule has 29 heavy (non-hydrogen) atoms. The van der Waals surface area contributed by atoms with Crippen LogP contribution in [0, 0.1) is 0 Å². The maximum atomic E-state index is 12.8. The van der Waals surface area contributed by atoms with Crippen LogP contribution >= 0.6 is 35.5 Å². The van der Waals surface area contributed by atoms with Crippen LogP contribution in [0.4, 0.5) is 5.00 Å².